The molecule has 4 nitrogen and oxygen atoms in total. The van der Waals surface area contributed by atoms with Gasteiger partial charge in [0.2, 0.25) is 0 Å². The van der Waals surface area contributed by atoms with E-state index in [0.717, 1.165) is 60.4 Å². The molecule has 4 heteroatoms. The number of nitrogen functional groups attached to an aromatic ring is 1. The molecular weight excluding hydrogens is 260 g/mol. The number of benzene rings is 1. The molecule has 2 rings (SSSR count). The lowest BCUT2D eigenvalue weighted by Gasteiger charge is -2.18. The van der Waals surface area contributed by atoms with Gasteiger partial charge in [-0.15, -0.1) is 0 Å². The van der Waals surface area contributed by atoms with E-state index in [1.54, 1.807) is 0 Å². The van der Waals surface area contributed by atoms with E-state index in [1.165, 1.54) is 0 Å². The molecular formula is C17H26N4. The van der Waals surface area contributed by atoms with Crippen LogP contribution in [0.5, 0.6) is 0 Å². The average Bonchev–Trinajstić information content (AvgIpc) is 2.49. The van der Waals surface area contributed by atoms with Crippen LogP contribution in [0.15, 0.2) is 24.4 Å². The molecule has 0 fully saturated rings. The largest absolute Gasteiger partial charge is 0.398 e. The zero-order valence-corrected chi connectivity index (χ0v) is 13.3. The van der Waals surface area contributed by atoms with E-state index in [2.05, 4.69) is 42.0 Å². The molecule has 0 aliphatic rings. The summed E-state index contributed by atoms with van der Waals surface area (Å²) >= 11 is 0. The maximum Gasteiger partial charge on any atom is 0.133 e. The van der Waals surface area contributed by atoms with E-state index in [1.807, 2.05) is 18.3 Å². The monoisotopic (exact) mass is 286 g/mol. The Kier molecular flexibility index (Phi) is 5.39. The quantitative estimate of drug-likeness (QED) is 0.606. The highest BCUT2D eigenvalue weighted by Gasteiger charge is 2.07. The Hall–Kier alpha value is -1.81. The van der Waals surface area contributed by atoms with Crippen molar-refractivity contribution in [3.63, 3.8) is 0 Å². The van der Waals surface area contributed by atoms with E-state index in [0.29, 0.717) is 0 Å². The number of aromatic nitrogens is 1. The van der Waals surface area contributed by atoms with Gasteiger partial charge in [0.15, 0.2) is 0 Å². The minimum atomic E-state index is 0.818. The summed E-state index contributed by atoms with van der Waals surface area (Å²) in [5.74, 6) is 0.933. The Labute approximate surface area is 127 Å². The Morgan fingerprint density at radius 1 is 1.24 bits per heavy atom. The summed E-state index contributed by atoms with van der Waals surface area (Å²) in [6, 6.07) is 6.01. The van der Waals surface area contributed by atoms with Gasteiger partial charge in [0, 0.05) is 29.2 Å². The summed E-state index contributed by atoms with van der Waals surface area (Å²) < 4.78 is 0. The fourth-order valence-electron chi connectivity index (χ4n) is 2.69. The molecule has 0 bridgehead atoms. The van der Waals surface area contributed by atoms with Gasteiger partial charge in [-0.2, -0.15) is 0 Å². The topological polar surface area (TPSA) is 54.2 Å². The molecule has 0 aliphatic carbocycles. The zero-order chi connectivity index (χ0) is 15.2. The number of anilines is 2. The van der Waals surface area contributed by atoms with E-state index < -0.39 is 0 Å². The molecule has 0 atom stereocenters. The van der Waals surface area contributed by atoms with Crippen LogP contribution in [0.3, 0.4) is 0 Å². The highest BCUT2D eigenvalue weighted by molar-refractivity contribution is 6.01. The highest BCUT2D eigenvalue weighted by Crippen LogP contribution is 2.28. The van der Waals surface area contributed by atoms with Gasteiger partial charge in [-0.1, -0.05) is 26.0 Å². The maximum atomic E-state index is 6.09. The van der Waals surface area contributed by atoms with Crippen LogP contribution in [-0.2, 0) is 0 Å². The maximum absolute atomic E-state index is 6.09. The zero-order valence-electron chi connectivity index (χ0n) is 13.3. The number of hydrogen-bond donors (Lipinski definition) is 2. The lowest BCUT2D eigenvalue weighted by Crippen LogP contribution is -2.25. The van der Waals surface area contributed by atoms with Gasteiger partial charge in [0.1, 0.15) is 5.82 Å². The van der Waals surface area contributed by atoms with Gasteiger partial charge in [-0.05, 0) is 44.6 Å². The van der Waals surface area contributed by atoms with E-state index in [4.69, 9.17) is 5.73 Å². The normalized spacial score (nSPS) is 11.2. The van der Waals surface area contributed by atoms with Gasteiger partial charge >= 0.3 is 0 Å². The first kappa shape index (κ1) is 15.6. The van der Waals surface area contributed by atoms with Gasteiger partial charge in [0.25, 0.3) is 0 Å². The third kappa shape index (κ3) is 3.64. The number of pyridine rings is 1. The first-order chi connectivity index (χ1) is 10.2. The summed E-state index contributed by atoms with van der Waals surface area (Å²) in [6.45, 7) is 10.7. The molecule has 2 aromatic rings. The third-order valence-corrected chi connectivity index (χ3v) is 3.97. The molecule has 0 radical (unpaired) electrons. The SMILES string of the molecule is CCN(CC)CCCNc1ncc(C)c2c(N)cccc12. The molecule has 3 N–H and O–H groups in total. The first-order valence-corrected chi connectivity index (χ1v) is 7.77. The number of rotatable bonds is 7. The second-order valence-electron chi connectivity index (χ2n) is 5.37. The minimum absolute atomic E-state index is 0.818. The standard InChI is InChI=1S/C17H26N4/c1-4-21(5-2)11-7-10-19-17-14-8-6-9-15(18)16(14)13(3)12-20-17/h6,8-9,12H,4-5,7,10-11,18H2,1-3H3,(H,19,20). The Balaban J connectivity index is 2.06. The fraction of sp³-hybridized carbons (Fsp3) is 0.471. The van der Waals surface area contributed by atoms with Crippen molar-refractivity contribution in [3.8, 4) is 0 Å². The predicted octanol–water partition coefficient (Wildman–Crippen LogP) is 3.27. The molecule has 21 heavy (non-hydrogen) atoms. The second kappa shape index (κ2) is 7.27. The minimum Gasteiger partial charge on any atom is -0.398 e. The molecule has 114 valence electrons. The van der Waals surface area contributed by atoms with Crippen LogP contribution < -0.4 is 11.1 Å². The van der Waals surface area contributed by atoms with Crippen molar-refractivity contribution in [3.05, 3.63) is 30.0 Å². The van der Waals surface area contributed by atoms with Crippen LogP contribution in [0.4, 0.5) is 11.5 Å². The number of fused-ring (bicyclic) bond motifs is 1. The Morgan fingerprint density at radius 3 is 2.71 bits per heavy atom. The molecule has 0 saturated carbocycles. The van der Waals surface area contributed by atoms with E-state index in [9.17, 15) is 0 Å². The highest BCUT2D eigenvalue weighted by atomic mass is 15.1. The molecule has 0 saturated heterocycles. The summed E-state index contributed by atoms with van der Waals surface area (Å²) in [4.78, 5) is 6.96. The van der Waals surface area contributed by atoms with Crippen molar-refractivity contribution in [2.45, 2.75) is 27.2 Å². The average molecular weight is 286 g/mol. The number of nitrogens with one attached hydrogen (secondary N) is 1. The van der Waals surface area contributed by atoms with Gasteiger partial charge in [-0.3, -0.25) is 0 Å². The van der Waals surface area contributed by atoms with Crippen molar-refractivity contribution >= 4 is 22.3 Å². The smallest absolute Gasteiger partial charge is 0.133 e. The van der Waals surface area contributed by atoms with Crippen LogP contribution in [0, 0.1) is 6.92 Å². The van der Waals surface area contributed by atoms with Gasteiger partial charge in [0.05, 0.1) is 0 Å². The van der Waals surface area contributed by atoms with Crippen LogP contribution in [0.25, 0.3) is 10.8 Å². The van der Waals surface area contributed by atoms with Crippen LogP contribution in [0.1, 0.15) is 25.8 Å². The molecule has 0 spiro atoms. The number of hydrogen-bond acceptors (Lipinski definition) is 4. The third-order valence-electron chi connectivity index (χ3n) is 3.97. The lowest BCUT2D eigenvalue weighted by molar-refractivity contribution is 0.303. The Morgan fingerprint density at radius 2 is 2.00 bits per heavy atom. The summed E-state index contributed by atoms with van der Waals surface area (Å²) in [7, 11) is 0. The van der Waals surface area contributed by atoms with Gasteiger partial charge in [-0.25, -0.2) is 4.98 Å². The van der Waals surface area contributed by atoms with Crippen LogP contribution in [-0.4, -0.2) is 36.1 Å². The Bertz CT molecular complexity index is 582. The summed E-state index contributed by atoms with van der Waals surface area (Å²) in [5.41, 5.74) is 8.03. The molecule has 1 heterocycles. The van der Waals surface area contributed by atoms with Crippen molar-refractivity contribution in [2.75, 3.05) is 37.2 Å². The molecule has 0 aliphatic heterocycles. The molecule has 1 aromatic heterocycles. The predicted molar refractivity (Wildman–Crippen MR) is 91.8 cm³/mol. The molecule has 0 amide bonds. The number of nitrogens with zero attached hydrogens (tertiary/aromatic N) is 2. The van der Waals surface area contributed by atoms with Crippen LogP contribution >= 0.6 is 0 Å². The van der Waals surface area contributed by atoms with E-state index >= 15 is 0 Å². The number of nitrogens with two attached hydrogens (primary N) is 1. The fourth-order valence-corrected chi connectivity index (χ4v) is 2.69. The van der Waals surface area contributed by atoms with E-state index in [-0.39, 0.29) is 0 Å². The van der Waals surface area contributed by atoms with Crippen LogP contribution in [0.2, 0.25) is 0 Å². The van der Waals surface area contributed by atoms with Crippen molar-refractivity contribution in [1.82, 2.24) is 9.88 Å². The summed E-state index contributed by atoms with van der Waals surface area (Å²) in [6.07, 6.45) is 3.01. The summed E-state index contributed by atoms with van der Waals surface area (Å²) in [5, 5.41) is 5.67. The number of aryl methyl sites for hydroxylation is 1. The van der Waals surface area contributed by atoms with Crippen molar-refractivity contribution < 1.29 is 0 Å². The van der Waals surface area contributed by atoms with Crippen molar-refractivity contribution in [1.29, 1.82) is 0 Å². The van der Waals surface area contributed by atoms with Gasteiger partial charge < -0.3 is 16.0 Å². The molecule has 0 unspecified atom stereocenters. The van der Waals surface area contributed by atoms with Crippen molar-refractivity contribution in [2.24, 2.45) is 0 Å². The second-order valence-corrected chi connectivity index (χ2v) is 5.37. The molecule has 1 aromatic carbocycles. The lowest BCUT2D eigenvalue weighted by atomic mass is 10.1. The first-order valence-electron chi connectivity index (χ1n) is 7.77.